The Kier molecular flexibility index (Phi) is 8.97. The molecule has 2 aliphatic rings. The van der Waals surface area contributed by atoms with E-state index in [1.54, 1.807) is 26.4 Å². The number of likely N-dealkylation sites (tertiary alicyclic amines) is 1. The van der Waals surface area contributed by atoms with Gasteiger partial charge in [0.05, 0.1) is 50.7 Å². The van der Waals surface area contributed by atoms with Gasteiger partial charge < -0.3 is 24.8 Å². The van der Waals surface area contributed by atoms with Crippen molar-refractivity contribution in [1.29, 1.82) is 0 Å². The lowest BCUT2D eigenvalue weighted by molar-refractivity contribution is -0.136. The van der Waals surface area contributed by atoms with E-state index >= 15 is 0 Å². The summed E-state index contributed by atoms with van der Waals surface area (Å²) in [6.45, 7) is 1.38. The second kappa shape index (κ2) is 12.8. The minimum Gasteiger partial charge on any atom is -0.493 e. The molecule has 0 spiro atoms. The molecule has 2 heterocycles. The minimum absolute atomic E-state index is 0.0890. The number of benzene rings is 2. The molecule has 13 heteroatoms. The van der Waals surface area contributed by atoms with Gasteiger partial charge >= 0.3 is 0 Å². The number of nitrogens with one attached hydrogen (secondary N) is 2. The number of rotatable bonds is 13. The summed E-state index contributed by atoms with van der Waals surface area (Å²) in [5.74, 6) is 0.904. The highest BCUT2D eigenvalue weighted by Crippen LogP contribution is 2.45. The lowest BCUT2D eigenvalue weighted by Gasteiger charge is -2.13. The summed E-state index contributed by atoms with van der Waals surface area (Å²) in [6.07, 6.45) is 0.738. The third kappa shape index (κ3) is 6.21. The van der Waals surface area contributed by atoms with Crippen molar-refractivity contribution in [1.82, 2.24) is 20.0 Å². The summed E-state index contributed by atoms with van der Waals surface area (Å²) in [6, 6.07) is 10.1. The first kappa shape index (κ1) is 29.4. The van der Waals surface area contributed by atoms with Crippen LogP contribution in [0.4, 0.5) is 15.9 Å². The zero-order chi connectivity index (χ0) is 29.8. The standard InChI is InChI=1S/C29H32FN5O6S/c1-34-26(37)15-24(29(34)38)42-16-25(36)31-7-9-41-10-8-35-27-20-14-23(40-3)22(39-2)12-17(20)11-21(27)28(33-35)32-19-6-4-5-18(30)13-19/h4-6,12-14,24H,7-11,15-16H2,1-3H3,(H,31,36)(H,32,33). The van der Waals surface area contributed by atoms with Crippen molar-refractivity contribution in [2.75, 3.05) is 52.1 Å². The van der Waals surface area contributed by atoms with E-state index in [-0.39, 0.29) is 35.7 Å². The zero-order valence-corrected chi connectivity index (χ0v) is 24.4. The van der Waals surface area contributed by atoms with Gasteiger partial charge in [-0.2, -0.15) is 5.10 Å². The van der Waals surface area contributed by atoms with Gasteiger partial charge in [-0.3, -0.25) is 24.0 Å². The molecule has 1 aliphatic carbocycles. The Hall–Kier alpha value is -4.10. The van der Waals surface area contributed by atoms with E-state index in [9.17, 15) is 18.8 Å². The Morgan fingerprint density at radius 2 is 1.93 bits per heavy atom. The highest BCUT2D eigenvalue weighted by atomic mass is 32.2. The van der Waals surface area contributed by atoms with Crippen molar-refractivity contribution >= 4 is 41.0 Å². The van der Waals surface area contributed by atoms with Crippen LogP contribution in [0, 0.1) is 5.82 Å². The van der Waals surface area contributed by atoms with E-state index in [1.165, 1.54) is 30.9 Å². The lowest BCUT2D eigenvalue weighted by atomic mass is 10.1. The van der Waals surface area contributed by atoms with Gasteiger partial charge in [0.1, 0.15) is 5.82 Å². The van der Waals surface area contributed by atoms with E-state index in [1.807, 2.05) is 16.8 Å². The highest BCUT2D eigenvalue weighted by Gasteiger charge is 2.36. The Balaban J connectivity index is 1.19. The number of thioether (sulfide) groups is 1. The molecular weight excluding hydrogens is 565 g/mol. The molecule has 3 amide bonds. The number of anilines is 2. The van der Waals surface area contributed by atoms with Crippen molar-refractivity contribution in [2.45, 2.75) is 24.6 Å². The topological polar surface area (TPSA) is 124 Å². The van der Waals surface area contributed by atoms with Gasteiger partial charge in [0, 0.05) is 43.2 Å². The molecule has 3 aromatic rings. The van der Waals surface area contributed by atoms with Crippen LogP contribution in [-0.4, -0.2) is 84.4 Å². The van der Waals surface area contributed by atoms with Crippen LogP contribution in [0.25, 0.3) is 11.3 Å². The maximum Gasteiger partial charge on any atom is 0.242 e. The molecule has 5 rings (SSSR count). The number of fused-ring (bicyclic) bond motifs is 3. The smallest absolute Gasteiger partial charge is 0.242 e. The average molecular weight is 598 g/mol. The van der Waals surface area contributed by atoms with Crippen molar-refractivity contribution in [3.63, 3.8) is 0 Å². The van der Waals surface area contributed by atoms with Gasteiger partial charge in [0.15, 0.2) is 17.3 Å². The Morgan fingerprint density at radius 3 is 2.64 bits per heavy atom. The summed E-state index contributed by atoms with van der Waals surface area (Å²) in [5.41, 5.74) is 4.52. The maximum absolute atomic E-state index is 13.8. The van der Waals surface area contributed by atoms with Gasteiger partial charge in [-0.15, -0.1) is 11.8 Å². The normalized spacial score (nSPS) is 15.5. The molecule has 11 nitrogen and oxygen atoms in total. The number of hydrogen-bond donors (Lipinski definition) is 2. The maximum atomic E-state index is 13.8. The van der Waals surface area contributed by atoms with E-state index in [4.69, 9.17) is 19.3 Å². The molecule has 2 aromatic carbocycles. The number of ether oxygens (including phenoxy) is 3. The molecule has 1 atom stereocenters. The molecule has 1 aliphatic heterocycles. The summed E-state index contributed by atoms with van der Waals surface area (Å²) in [7, 11) is 4.64. The molecule has 2 N–H and O–H groups in total. The number of nitrogens with zero attached hydrogens (tertiary/aromatic N) is 3. The van der Waals surface area contributed by atoms with Crippen LogP contribution in [0.1, 0.15) is 17.5 Å². The molecule has 0 radical (unpaired) electrons. The third-order valence-corrected chi connectivity index (χ3v) is 8.34. The van der Waals surface area contributed by atoms with Crippen molar-refractivity contribution in [3.05, 3.63) is 53.3 Å². The number of aromatic nitrogens is 2. The number of imide groups is 1. The largest absolute Gasteiger partial charge is 0.493 e. The third-order valence-electron chi connectivity index (χ3n) is 7.14. The van der Waals surface area contributed by atoms with Crippen LogP contribution in [0.15, 0.2) is 36.4 Å². The molecule has 222 valence electrons. The molecular formula is C29H32FN5O6S. The molecule has 1 saturated heterocycles. The van der Waals surface area contributed by atoms with Gasteiger partial charge in [0.2, 0.25) is 17.7 Å². The van der Waals surface area contributed by atoms with Crippen molar-refractivity contribution in [3.8, 4) is 22.8 Å². The summed E-state index contributed by atoms with van der Waals surface area (Å²) in [5, 5.41) is 10.3. The quantitative estimate of drug-likeness (QED) is 0.177. The molecule has 1 unspecified atom stereocenters. The number of amides is 3. The molecule has 1 fully saturated rings. The molecule has 42 heavy (non-hydrogen) atoms. The first-order valence-electron chi connectivity index (χ1n) is 13.4. The number of methoxy groups -OCH3 is 2. The molecule has 0 saturated carbocycles. The van der Waals surface area contributed by atoms with Crippen molar-refractivity contribution < 1.29 is 33.0 Å². The highest BCUT2D eigenvalue weighted by molar-refractivity contribution is 8.01. The fourth-order valence-corrected chi connectivity index (χ4v) is 6.02. The SMILES string of the molecule is COc1cc2c(cc1OC)-c1c(c(Nc3cccc(F)c3)nn1CCOCCNC(=O)CSC1CC(=O)N(C)C1=O)C2. The summed E-state index contributed by atoms with van der Waals surface area (Å²) < 4.78 is 32.5. The summed E-state index contributed by atoms with van der Waals surface area (Å²) in [4.78, 5) is 36.9. The van der Waals surface area contributed by atoms with Gasteiger partial charge in [-0.1, -0.05) is 6.07 Å². The van der Waals surface area contributed by atoms with E-state index in [0.717, 1.165) is 27.3 Å². The zero-order valence-electron chi connectivity index (χ0n) is 23.6. The summed E-state index contributed by atoms with van der Waals surface area (Å²) >= 11 is 1.17. The number of halogens is 1. The van der Waals surface area contributed by atoms with Crippen LogP contribution >= 0.6 is 11.8 Å². The van der Waals surface area contributed by atoms with E-state index in [2.05, 4.69) is 10.6 Å². The van der Waals surface area contributed by atoms with Crippen molar-refractivity contribution in [2.24, 2.45) is 0 Å². The fourth-order valence-electron chi connectivity index (χ4n) is 5.01. The molecule has 1 aromatic heterocycles. The molecule has 0 bridgehead atoms. The Labute approximate surface area is 246 Å². The predicted molar refractivity (Wildman–Crippen MR) is 156 cm³/mol. The first-order chi connectivity index (χ1) is 20.3. The fraction of sp³-hybridized carbons (Fsp3) is 0.379. The van der Waals surface area contributed by atoms with Crippen LogP contribution < -0.4 is 20.1 Å². The number of carbonyl (C=O) groups excluding carboxylic acids is 3. The Morgan fingerprint density at radius 1 is 1.14 bits per heavy atom. The predicted octanol–water partition coefficient (Wildman–Crippen LogP) is 2.98. The number of carbonyl (C=O) groups is 3. The van der Waals surface area contributed by atoms with Crippen LogP contribution in [-0.2, 0) is 32.1 Å². The van der Waals surface area contributed by atoms with Crippen LogP contribution in [0.2, 0.25) is 0 Å². The first-order valence-corrected chi connectivity index (χ1v) is 14.5. The lowest BCUT2D eigenvalue weighted by Crippen LogP contribution is -2.31. The second-order valence-electron chi connectivity index (χ2n) is 9.83. The number of hydrogen-bond acceptors (Lipinski definition) is 9. The van der Waals surface area contributed by atoms with Gasteiger partial charge in [-0.25, -0.2) is 4.39 Å². The monoisotopic (exact) mass is 597 g/mol. The van der Waals surface area contributed by atoms with Crippen LogP contribution in [0.3, 0.4) is 0 Å². The van der Waals surface area contributed by atoms with Gasteiger partial charge in [0.25, 0.3) is 0 Å². The second-order valence-corrected chi connectivity index (χ2v) is 11.0. The average Bonchev–Trinajstić information content (AvgIpc) is 3.59. The van der Waals surface area contributed by atoms with Crippen LogP contribution in [0.5, 0.6) is 11.5 Å². The minimum atomic E-state index is -0.508. The van der Waals surface area contributed by atoms with Gasteiger partial charge in [-0.05, 0) is 35.9 Å². The Bertz CT molecular complexity index is 1510. The van der Waals surface area contributed by atoms with E-state index in [0.29, 0.717) is 55.7 Å². The van der Waals surface area contributed by atoms with E-state index < -0.39 is 5.25 Å².